The van der Waals surface area contributed by atoms with Gasteiger partial charge in [0, 0.05) is 19.1 Å². The zero-order valence-corrected chi connectivity index (χ0v) is 13.8. The Bertz CT molecular complexity index is 387. The lowest BCUT2D eigenvalue weighted by Gasteiger charge is -2.24. The lowest BCUT2D eigenvalue weighted by atomic mass is 10.2. The molecule has 5 heteroatoms. The monoisotopic (exact) mass is 301 g/mol. The van der Waals surface area contributed by atoms with Gasteiger partial charge in [0.05, 0.1) is 10.7 Å². The highest BCUT2D eigenvalue weighted by atomic mass is 35.5. The van der Waals surface area contributed by atoms with Gasteiger partial charge in [-0.3, -0.25) is 4.90 Å². The van der Waals surface area contributed by atoms with Gasteiger partial charge in [0.1, 0.15) is 5.82 Å². The molecule has 0 fully saturated rings. The molecule has 1 atom stereocenters. The van der Waals surface area contributed by atoms with E-state index in [9.17, 15) is 0 Å². The highest BCUT2D eigenvalue weighted by Crippen LogP contribution is 2.19. The molecule has 0 saturated carbocycles. The smallest absolute Gasteiger partial charge is 0.126 e. The molecule has 108 valence electrons. The molecule has 1 heterocycles. The van der Waals surface area contributed by atoms with Crippen LogP contribution in [0.5, 0.6) is 0 Å². The van der Waals surface area contributed by atoms with Gasteiger partial charge in [-0.05, 0) is 51.5 Å². The van der Waals surface area contributed by atoms with Gasteiger partial charge >= 0.3 is 0 Å². The Morgan fingerprint density at radius 1 is 1.47 bits per heavy atom. The quantitative estimate of drug-likeness (QED) is 0.792. The van der Waals surface area contributed by atoms with Crippen molar-refractivity contribution in [2.45, 2.75) is 32.9 Å². The summed E-state index contributed by atoms with van der Waals surface area (Å²) in [6.07, 6.45) is 3.33. The largest absolute Gasteiger partial charge is 0.370 e. The van der Waals surface area contributed by atoms with Crippen LogP contribution in [0, 0.1) is 0 Å². The van der Waals surface area contributed by atoms with E-state index in [4.69, 9.17) is 11.6 Å². The van der Waals surface area contributed by atoms with E-state index in [0.29, 0.717) is 6.04 Å². The fraction of sp³-hybridized carbons (Fsp3) is 0.643. The normalized spacial score (nSPS) is 12.7. The van der Waals surface area contributed by atoms with Gasteiger partial charge in [-0.25, -0.2) is 4.98 Å². The van der Waals surface area contributed by atoms with Crippen LogP contribution in [0.15, 0.2) is 12.1 Å². The maximum absolute atomic E-state index is 6.23. The van der Waals surface area contributed by atoms with E-state index < -0.39 is 0 Å². The molecule has 0 aromatic carbocycles. The summed E-state index contributed by atoms with van der Waals surface area (Å²) in [6.45, 7) is 5.96. The fourth-order valence-corrected chi connectivity index (χ4v) is 2.52. The first kappa shape index (κ1) is 16.6. The van der Waals surface area contributed by atoms with E-state index in [2.05, 4.69) is 42.4 Å². The average Bonchev–Trinajstić information content (AvgIpc) is 2.40. The zero-order chi connectivity index (χ0) is 14.3. The third kappa shape index (κ3) is 5.59. The molecule has 0 bridgehead atoms. The highest BCUT2D eigenvalue weighted by molar-refractivity contribution is 7.98. The number of hydrogen-bond acceptors (Lipinski definition) is 4. The van der Waals surface area contributed by atoms with Crippen LogP contribution in [0.4, 0.5) is 5.82 Å². The molecule has 19 heavy (non-hydrogen) atoms. The van der Waals surface area contributed by atoms with Crippen molar-refractivity contribution in [2.75, 3.05) is 30.9 Å². The van der Waals surface area contributed by atoms with Crippen LogP contribution in [0.2, 0.25) is 5.02 Å². The van der Waals surface area contributed by atoms with Crippen molar-refractivity contribution >= 4 is 29.2 Å². The summed E-state index contributed by atoms with van der Waals surface area (Å²) in [7, 11) is 2.13. The number of hydrogen-bond donors (Lipinski definition) is 1. The summed E-state index contributed by atoms with van der Waals surface area (Å²) in [6, 6.07) is 4.38. The molecule has 1 aromatic rings. The molecule has 1 unspecified atom stereocenters. The van der Waals surface area contributed by atoms with Crippen LogP contribution in [0.1, 0.15) is 26.0 Å². The van der Waals surface area contributed by atoms with Gasteiger partial charge in [0.2, 0.25) is 0 Å². The molecule has 0 radical (unpaired) electrons. The predicted molar refractivity (Wildman–Crippen MR) is 87.3 cm³/mol. The number of aromatic nitrogens is 1. The summed E-state index contributed by atoms with van der Waals surface area (Å²) in [5.41, 5.74) is 0.943. The van der Waals surface area contributed by atoms with Crippen molar-refractivity contribution in [2.24, 2.45) is 0 Å². The van der Waals surface area contributed by atoms with E-state index in [1.165, 1.54) is 12.2 Å². The van der Waals surface area contributed by atoms with Crippen molar-refractivity contribution in [3.8, 4) is 0 Å². The van der Waals surface area contributed by atoms with Gasteiger partial charge in [-0.15, -0.1) is 0 Å². The minimum atomic E-state index is 0.535. The lowest BCUT2D eigenvalue weighted by molar-refractivity contribution is 0.242. The van der Waals surface area contributed by atoms with E-state index in [1.807, 2.05) is 23.9 Å². The lowest BCUT2D eigenvalue weighted by Crippen LogP contribution is -2.29. The third-order valence-corrected chi connectivity index (χ3v) is 4.16. The van der Waals surface area contributed by atoms with Crippen molar-refractivity contribution in [3.63, 3.8) is 0 Å². The Kier molecular flexibility index (Phi) is 7.57. The summed E-state index contributed by atoms with van der Waals surface area (Å²) < 4.78 is 0. The first-order valence-electron chi connectivity index (χ1n) is 6.67. The van der Waals surface area contributed by atoms with E-state index in [0.717, 1.165) is 29.6 Å². The summed E-state index contributed by atoms with van der Waals surface area (Å²) >= 11 is 8.12. The standard InChI is InChI=1S/C14H24ClN3S/c1-5-16-14-7-6-12(15)13(17-14)10-18(3)11(2)8-9-19-4/h6-7,11H,5,8-10H2,1-4H3,(H,16,17). The number of halogens is 1. The minimum Gasteiger partial charge on any atom is -0.370 e. The van der Waals surface area contributed by atoms with Crippen LogP contribution in [0.3, 0.4) is 0 Å². The van der Waals surface area contributed by atoms with Gasteiger partial charge in [0.15, 0.2) is 0 Å². The molecule has 0 saturated heterocycles. The Labute approximate surface area is 126 Å². The first-order chi connectivity index (χ1) is 9.08. The summed E-state index contributed by atoms with van der Waals surface area (Å²) in [5.74, 6) is 2.08. The number of pyridine rings is 1. The summed E-state index contributed by atoms with van der Waals surface area (Å²) in [5, 5.41) is 3.96. The maximum Gasteiger partial charge on any atom is 0.126 e. The van der Waals surface area contributed by atoms with Gasteiger partial charge < -0.3 is 5.32 Å². The van der Waals surface area contributed by atoms with Crippen molar-refractivity contribution < 1.29 is 0 Å². The number of nitrogens with zero attached hydrogens (tertiary/aromatic N) is 2. The van der Waals surface area contributed by atoms with Crippen LogP contribution in [0.25, 0.3) is 0 Å². The molecule has 1 aromatic heterocycles. The second-order valence-corrected chi connectivity index (χ2v) is 6.09. The second kappa shape index (κ2) is 8.67. The van der Waals surface area contributed by atoms with Crippen molar-refractivity contribution in [3.05, 3.63) is 22.8 Å². The molecular formula is C14H24ClN3S. The van der Waals surface area contributed by atoms with Crippen LogP contribution >= 0.6 is 23.4 Å². The van der Waals surface area contributed by atoms with Gasteiger partial charge in [-0.2, -0.15) is 11.8 Å². The molecule has 1 N–H and O–H groups in total. The SMILES string of the molecule is CCNc1ccc(Cl)c(CN(C)C(C)CCSC)n1. The number of nitrogens with one attached hydrogen (secondary N) is 1. The van der Waals surface area contributed by atoms with Crippen molar-refractivity contribution in [1.82, 2.24) is 9.88 Å². The van der Waals surface area contributed by atoms with Crippen LogP contribution in [-0.4, -0.2) is 41.5 Å². The molecular weight excluding hydrogens is 278 g/mol. The third-order valence-electron chi connectivity index (χ3n) is 3.17. The molecule has 3 nitrogen and oxygen atoms in total. The van der Waals surface area contributed by atoms with Crippen LogP contribution < -0.4 is 5.32 Å². The molecule has 0 amide bonds. The Morgan fingerprint density at radius 3 is 2.84 bits per heavy atom. The van der Waals surface area contributed by atoms with E-state index >= 15 is 0 Å². The minimum absolute atomic E-state index is 0.535. The Hall–Kier alpha value is -0.450. The van der Waals surface area contributed by atoms with Gasteiger partial charge in [0.25, 0.3) is 0 Å². The first-order valence-corrected chi connectivity index (χ1v) is 8.44. The molecule has 0 spiro atoms. The summed E-state index contributed by atoms with van der Waals surface area (Å²) in [4.78, 5) is 6.88. The molecule has 1 rings (SSSR count). The molecule has 0 aliphatic carbocycles. The fourth-order valence-electron chi connectivity index (χ4n) is 1.78. The van der Waals surface area contributed by atoms with E-state index in [-0.39, 0.29) is 0 Å². The number of thioether (sulfide) groups is 1. The molecule has 0 aliphatic heterocycles. The van der Waals surface area contributed by atoms with Gasteiger partial charge in [-0.1, -0.05) is 11.6 Å². The zero-order valence-electron chi connectivity index (χ0n) is 12.2. The Balaban J connectivity index is 2.66. The molecule has 0 aliphatic rings. The number of rotatable bonds is 8. The Morgan fingerprint density at radius 2 is 2.21 bits per heavy atom. The highest BCUT2D eigenvalue weighted by Gasteiger charge is 2.12. The van der Waals surface area contributed by atoms with E-state index in [1.54, 1.807) is 0 Å². The van der Waals surface area contributed by atoms with Crippen LogP contribution in [-0.2, 0) is 6.54 Å². The average molecular weight is 302 g/mol. The predicted octanol–water partition coefficient (Wildman–Crippen LogP) is 3.74. The topological polar surface area (TPSA) is 28.2 Å². The number of anilines is 1. The van der Waals surface area contributed by atoms with Crippen molar-refractivity contribution in [1.29, 1.82) is 0 Å². The maximum atomic E-state index is 6.23. The second-order valence-electron chi connectivity index (χ2n) is 4.70.